The molecule has 0 aromatic rings. The highest BCUT2D eigenvalue weighted by Crippen LogP contribution is 2.28. The van der Waals surface area contributed by atoms with Crippen molar-refractivity contribution in [2.45, 2.75) is 56.4 Å². The van der Waals surface area contributed by atoms with Gasteiger partial charge in [0.15, 0.2) is 0 Å². The van der Waals surface area contributed by atoms with Crippen LogP contribution in [0.2, 0.25) is 0 Å². The van der Waals surface area contributed by atoms with Crippen molar-refractivity contribution in [1.29, 1.82) is 0 Å². The Balaban J connectivity index is 2.26. The first-order chi connectivity index (χ1) is 8.52. The van der Waals surface area contributed by atoms with Crippen molar-refractivity contribution in [3.8, 4) is 0 Å². The Morgan fingerprint density at radius 1 is 1.44 bits per heavy atom. The predicted octanol–water partition coefficient (Wildman–Crippen LogP) is 1.82. The number of carbonyl (C=O) groups is 2. The number of carboxylic acids is 1. The lowest BCUT2D eigenvalue weighted by Gasteiger charge is -2.21. The molecule has 0 heterocycles. The molecule has 1 aliphatic carbocycles. The van der Waals surface area contributed by atoms with Gasteiger partial charge < -0.3 is 15.7 Å². The molecular weight excluding hydrogens is 252 g/mol. The molecule has 18 heavy (non-hydrogen) atoms. The monoisotopic (exact) mass is 274 g/mol. The molecule has 104 valence electrons. The Labute approximate surface area is 112 Å². The predicted molar refractivity (Wildman–Crippen MR) is 72.9 cm³/mol. The largest absolute Gasteiger partial charge is 0.481 e. The van der Waals surface area contributed by atoms with E-state index in [9.17, 15) is 9.59 Å². The smallest absolute Gasteiger partial charge is 0.315 e. The van der Waals surface area contributed by atoms with Crippen LogP contribution in [0, 0.1) is 0 Å². The average molecular weight is 274 g/mol. The van der Waals surface area contributed by atoms with Crippen LogP contribution in [0.4, 0.5) is 4.79 Å². The fourth-order valence-electron chi connectivity index (χ4n) is 2.22. The van der Waals surface area contributed by atoms with Gasteiger partial charge in [-0.25, -0.2) is 4.79 Å². The summed E-state index contributed by atoms with van der Waals surface area (Å²) in [5.74, 6) is -0.831. The van der Waals surface area contributed by atoms with Gasteiger partial charge in [-0.2, -0.15) is 11.8 Å². The number of aliphatic carboxylic acids is 1. The van der Waals surface area contributed by atoms with Gasteiger partial charge in [0.25, 0.3) is 0 Å². The second kappa shape index (κ2) is 7.51. The maximum atomic E-state index is 11.7. The number of rotatable bonds is 6. The molecule has 0 aromatic heterocycles. The van der Waals surface area contributed by atoms with E-state index in [1.165, 1.54) is 0 Å². The maximum Gasteiger partial charge on any atom is 0.315 e. The number of amides is 2. The molecule has 0 bridgehead atoms. The van der Waals surface area contributed by atoms with Crippen LogP contribution in [0.5, 0.6) is 0 Å². The van der Waals surface area contributed by atoms with E-state index in [1.54, 1.807) is 11.8 Å². The normalized spacial score (nSPS) is 24.6. The average Bonchev–Trinajstić information content (AvgIpc) is 2.73. The molecule has 6 heteroatoms. The van der Waals surface area contributed by atoms with E-state index >= 15 is 0 Å². The van der Waals surface area contributed by atoms with Crippen LogP contribution in [0.3, 0.4) is 0 Å². The number of carbonyl (C=O) groups excluding carboxylic acids is 1. The topological polar surface area (TPSA) is 78.4 Å². The van der Waals surface area contributed by atoms with Crippen molar-refractivity contribution in [3.05, 3.63) is 0 Å². The third-order valence-electron chi connectivity index (χ3n) is 3.24. The molecule has 5 nitrogen and oxygen atoms in total. The Kier molecular flexibility index (Phi) is 6.32. The van der Waals surface area contributed by atoms with Gasteiger partial charge in [-0.3, -0.25) is 4.79 Å². The van der Waals surface area contributed by atoms with E-state index in [-0.39, 0.29) is 24.5 Å². The van der Waals surface area contributed by atoms with Gasteiger partial charge in [-0.1, -0.05) is 6.42 Å². The van der Waals surface area contributed by atoms with Crippen LogP contribution in [0.1, 0.15) is 39.0 Å². The van der Waals surface area contributed by atoms with Gasteiger partial charge in [-0.05, 0) is 32.4 Å². The lowest BCUT2D eigenvalue weighted by Crippen LogP contribution is -2.47. The maximum absolute atomic E-state index is 11.7. The first-order valence-corrected chi connectivity index (χ1v) is 7.63. The van der Waals surface area contributed by atoms with E-state index in [0.717, 1.165) is 19.3 Å². The Hall–Kier alpha value is -0.910. The standard InChI is InChI=1S/C12H22N2O3S/c1-8(6-7-11(15)16)13-12(17)14-9-4-3-5-10(9)18-2/h8-10H,3-7H2,1-2H3,(H,15,16)(H2,13,14,17). The number of hydrogen-bond donors (Lipinski definition) is 3. The zero-order chi connectivity index (χ0) is 13.5. The van der Waals surface area contributed by atoms with E-state index in [1.807, 2.05) is 6.92 Å². The fourth-order valence-corrected chi connectivity index (χ4v) is 3.15. The van der Waals surface area contributed by atoms with Crippen LogP contribution in [0.15, 0.2) is 0 Å². The van der Waals surface area contributed by atoms with Gasteiger partial charge in [0.1, 0.15) is 0 Å². The van der Waals surface area contributed by atoms with E-state index in [0.29, 0.717) is 11.7 Å². The SMILES string of the molecule is CSC1CCCC1NC(=O)NC(C)CCC(=O)O. The first-order valence-electron chi connectivity index (χ1n) is 6.34. The summed E-state index contributed by atoms with van der Waals surface area (Å²) < 4.78 is 0. The van der Waals surface area contributed by atoms with Gasteiger partial charge in [0, 0.05) is 23.8 Å². The summed E-state index contributed by atoms with van der Waals surface area (Å²) in [4.78, 5) is 22.2. The molecule has 1 saturated carbocycles. The van der Waals surface area contributed by atoms with Crippen molar-refractivity contribution < 1.29 is 14.7 Å². The fraction of sp³-hybridized carbons (Fsp3) is 0.833. The van der Waals surface area contributed by atoms with Crippen molar-refractivity contribution in [2.24, 2.45) is 0 Å². The second-order valence-corrected chi connectivity index (χ2v) is 5.84. The lowest BCUT2D eigenvalue weighted by molar-refractivity contribution is -0.137. The Morgan fingerprint density at radius 3 is 2.78 bits per heavy atom. The zero-order valence-corrected chi connectivity index (χ0v) is 11.8. The number of thioether (sulfide) groups is 1. The first kappa shape index (κ1) is 15.1. The lowest BCUT2D eigenvalue weighted by atomic mass is 10.2. The second-order valence-electron chi connectivity index (χ2n) is 4.76. The summed E-state index contributed by atoms with van der Waals surface area (Å²) in [6.45, 7) is 1.82. The Morgan fingerprint density at radius 2 is 2.17 bits per heavy atom. The summed E-state index contributed by atoms with van der Waals surface area (Å²) in [6.07, 6.45) is 5.95. The summed E-state index contributed by atoms with van der Waals surface area (Å²) in [5.41, 5.74) is 0. The third-order valence-corrected chi connectivity index (χ3v) is 4.41. The zero-order valence-electron chi connectivity index (χ0n) is 10.9. The highest BCUT2D eigenvalue weighted by molar-refractivity contribution is 7.99. The van der Waals surface area contributed by atoms with Gasteiger partial charge in [-0.15, -0.1) is 0 Å². The molecular formula is C12H22N2O3S. The quantitative estimate of drug-likeness (QED) is 0.690. The molecule has 0 radical (unpaired) electrons. The van der Waals surface area contributed by atoms with Crippen molar-refractivity contribution >= 4 is 23.8 Å². The minimum absolute atomic E-state index is 0.0817. The Bertz CT molecular complexity index is 299. The molecule has 3 unspecified atom stereocenters. The molecule has 3 N–H and O–H groups in total. The molecule has 0 spiro atoms. The van der Waals surface area contributed by atoms with Crippen molar-refractivity contribution in [3.63, 3.8) is 0 Å². The minimum atomic E-state index is -0.831. The third kappa shape index (κ3) is 5.16. The molecule has 3 atom stereocenters. The number of nitrogens with one attached hydrogen (secondary N) is 2. The van der Waals surface area contributed by atoms with E-state index in [4.69, 9.17) is 5.11 Å². The molecule has 1 rings (SSSR count). The van der Waals surface area contributed by atoms with Crippen LogP contribution in [-0.4, -0.2) is 40.7 Å². The van der Waals surface area contributed by atoms with Crippen LogP contribution < -0.4 is 10.6 Å². The van der Waals surface area contributed by atoms with E-state index in [2.05, 4.69) is 16.9 Å². The number of hydrogen-bond acceptors (Lipinski definition) is 3. The van der Waals surface area contributed by atoms with Crippen molar-refractivity contribution in [2.75, 3.05) is 6.26 Å². The molecule has 0 aliphatic heterocycles. The molecule has 1 fully saturated rings. The molecule has 0 aromatic carbocycles. The van der Waals surface area contributed by atoms with E-state index < -0.39 is 5.97 Å². The van der Waals surface area contributed by atoms with Gasteiger partial charge >= 0.3 is 12.0 Å². The highest BCUT2D eigenvalue weighted by Gasteiger charge is 2.27. The summed E-state index contributed by atoms with van der Waals surface area (Å²) >= 11 is 1.80. The molecule has 2 amide bonds. The minimum Gasteiger partial charge on any atom is -0.481 e. The van der Waals surface area contributed by atoms with Gasteiger partial charge in [0.2, 0.25) is 0 Å². The number of urea groups is 1. The molecule has 0 saturated heterocycles. The molecule has 1 aliphatic rings. The summed E-state index contributed by atoms with van der Waals surface area (Å²) in [7, 11) is 0. The van der Waals surface area contributed by atoms with Crippen LogP contribution in [0.25, 0.3) is 0 Å². The highest BCUT2D eigenvalue weighted by atomic mass is 32.2. The summed E-state index contributed by atoms with van der Waals surface area (Å²) in [6, 6.07) is -0.0549. The van der Waals surface area contributed by atoms with Crippen LogP contribution >= 0.6 is 11.8 Å². The van der Waals surface area contributed by atoms with Crippen LogP contribution in [-0.2, 0) is 4.79 Å². The van der Waals surface area contributed by atoms with Gasteiger partial charge in [0.05, 0.1) is 0 Å². The van der Waals surface area contributed by atoms with Crippen molar-refractivity contribution in [1.82, 2.24) is 10.6 Å². The summed E-state index contributed by atoms with van der Waals surface area (Å²) in [5, 5.41) is 14.8. The number of carboxylic acid groups (broad SMARTS) is 1.